The summed E-state index contributed by atoms with van der Waals surface area (Å²) >= 11 is 0. The van der Waals surface area contributed by atoms with Crippen LogP contribution in [0.1, 0.15) is 31.1 Å². The molecule has 2 N–H and O–H groups in total. The summed E-state index contributed by atoms with van der Waals surface area (Å²) in [5, 5.41) is 2.74. The van der Waals surface area contributed by atoms with Crippen molar-refractivity contribution in [1.29, 1.82) is 0 Å². The Hall–Kier alpha value is -3.49. The quantitative estimate of drug-likeness (QED) is 0.508. The average Bonchev–Trinajstić information content (AvgIpc) is 2.78. The van der Waals surface area contributed by atoms with Gasteiger partial charge in [0.15, 0.2) is 0 Å². The zero-order chi connectivity index (χ0) is 24.1. The molecule has 0 aliphatic heterocycles. The van der Waals surface area contributed by atoms with E-state index in [0.29, 0.717) is 11.3 Å². The molecule has 0 radical (unpaired) electrons. The van der Waals surface area contributed by atoms with Crippen molar-refractivity contribution in [1.82, 2.24) is 4.72 Å². The fraction of sp³-hybridized carbons (Fsp3) is 0.200. The zero-order valence-corrected chi connectivity index (χ0v) is 19.5. The Morgan fingerprint density at radius 2 is 1.39 bits per heavy atom. The molecule has 0 aliphatic carbocycles. The summed E-state index contributed by atoms with van der Waals surface area (Å²) in [4.78, 5) is 24.3. The molecule has 1 amide bonds. The highest BCUT2D eigenvalue weighted by molar-refractivity contribution is 7.89. The lowest BCUT2D eigenvalue weighted by atomic mass is 10.0. The highest BCUT2D eigenvalue weighted by Crippen LogP contribution is 2.20. The molecule has 0 saturated heterocycles. The fourth-order valence-corrected chi connectivity index (χ4v) is 3.95. The van der Waals surface area contributed by atoms with E-state index in [1.54, 1.807) is 32.9 Å². The Morgan fingerprint density at radius 1 is 0.818 bits per heavy atom. The molecule has 3 rings (SSSR count). The number of sulfonamides is 1. The standard InChI is InChI=1S/C25H26N2O5S/c1-25(2,3)32-23(28)17-26-33(30,31)22-15-13-21(14-16-22)27-24(29)20-11-9-19(10-12-20)18-7-5-4-6-8-18/h4-16,26H,17H2,1-3H3,(H,27,29). The van der Waals surface area contributed by atoms with Crippen LogP contribution < -0.4 is 10.0 Å². The molecule has 0 atom stereocenters. The molecule has 0 heterocycles. The largest absolute Gasteiger partial charge is 0.459 e. The predicted molar refractivity (Wildman–Crippen MR) is 127 cm³/mol. The number of carbonyl (C=O) groups is 2. The van der Waals surface area contributed by atoms with Gasteiger partial charge in [0.05, 0.1) is 4.90 Å². The first kappa shape index (κ1) is 24.2. The number of rotatable bonds is 7. The number of nitrogens with one attached hydrogen (secondary N) is 2. The maximum Gasteiger partial charge on any atom is 0.321 e. The third-order valence-corrected chi connectivity index (χ3v) is 5.92. The maximum absolute atomic E-state index is 12.5. The first-order valence-corrected chi connectivity index (χ1v) is 11.8. The second-order valence-corrected chi connectivity index (χ2v) is 10.1. The van der Waals surface area contributed by atoms with Crippen molar-refractivity contribution >= 4 is 27.6 Å². The first-order chi connectivity index (χ1) is 15.5. The number of hydrogen-bond donors (Lipinski definition) is 2. The Morgan fingerprint density at radius 3 is 1.97 bits per heavy atom. The first-order valence-electron chi connectivity index (χ1n) is 10.3. The van der Waals surface area contributed by atoms with E-state index in [1.807, 2.05) is 42.5 Å². The van der Waals surface area contributed by atoms with Crippen molar-refractivity contribution in [2.75, 3.05) is 11.9 Å². The van der Waals surface area contributed by atoms with Crippen molar-refractivity contribution in [3.8, 4) is 11.1 Å². The van der Waals surface area contributed by atoms with E-state index in [1.165, 1.54) is 24.3 Å². The molecule has 172 valence electrons. The van der Waals surface area contributed by atoms with Crippen molar-refractivity contribution in [2.24, 2.45) is 0 Å². The van der Waals surface area contributed by atoms with Crippen molar-refractivity contribution < 1.29 is 22.7 Å². The molecule has 0 saturated carbocycles. The lowest BCUT2D eigenvalue weighted by Gasteiger charge is -2.19. The lowest BCUT2D eigenvalue weighted by molar-refractivity contribution is -0.153. The van der Waals surface area contributed by atoms with E-state index in [4.69, 9.17) is 4.74 Å². The van der Waals surface area contributed by atoms with Crippen LogP contribution in [0.15, 0.2) is 83.8 Å². The van der Waals surface area contributed by atoms with Crippen molar-refractivity contribution in [3.05, 3.63) is 84.4 Å². The molecule has 0 unspecified atom stereocenters. The number of esters is 1. The molecule has 3 aromatic carbocycles. The van der Waals surface area contributed by atoms with E-state index < -0.39 is 28.1 Å². The van der Waals surface area contributed by atoms with Crippen LogP contribution in [0.3, 0.4) is 0 Å². The molecule has 0 spiro atoms. The number of amides is 1. The lowest BCUT2D eigenvalue weighted by Crippen LogP contribution is -2.34. The number of anilines is 1. The van der Waals surface area contributed by atoms with Crippen LogP contribution in [0, 0.1) is 0 Å². The highest BCUT2D eigenvalue weighted by Gasteiger charge is 2.20. The van der Waals surface area contributed by atoms with Crippen molar-refractivity contribution in [2.45, 2.75) is 31.3 Å². The molecule has 7 nitrogen and oxygen atoms in total. The number of hydrogen-bond acceptors (Lipinski definition) is 5. The van der Waals surface area contributed by atoms with Gasteiger partial charge in [-0.2, -0.15) is 4.72 Å². The van der Waals surface area contributed by atoms with Crippen LogP contribution >= 0.6 is 0 Å². The van der Waals surface area contributed by atoms with E-state index in [9.17, 15) is 18.0 Å². The van der Waals surface area contributed by atoms with E-state index >= 15 is 0 Å². The molecule has 33 heavy (non-hydrogen) atoms. The molecule has 0 aromatic heterocycles. The molecule has 0 fully saturated rings. The second kappa shape index (κ2) is 9.97. The summed E-state index contributed by atoms with van der Waals surface area (Å²) in [6.07, 6.45) is 0. The van der Waals surface area contributed by atoms with E-state index in [2.05, 4.69) is 10.0 Å². The van der Waals surface area contributed by atoms with Gasteiger partial charge in [-0.25, -0.2) is 8.42 Å². The van der Waals surface area contributed by atoms with Crippen LogP contribution in [-0.4, -0.2) is 32.4 Å². The number of ether oxygens (including phenoxy) is 1. The fourth-order valence-electron chi connectivity index (χ4n) is 2.98. The minimum atomic E-state index is -3.90. The normalized spacial score (nSPS) is 11.6. The molecular weight excluding hydrogens is 440 g/mol. The van der Waals surface area contributed by atoms with Gasteiger partial charge in [-0.05, 0) is 68.3 Å². The molecule has 8 heteroatoms. The van der Waals surface area contributed by atoms with Gasteiger partial charge in [-0.3, -0.25) is 9.59 Å². The monoisotopic (exact) mass is 466 g/mol. The van der Waals surface area contributed by atoms with Gasteiger partial charge in [-0.1, -0.05) is 42.5 Å². The van der Waals surface area contributed by atoms with Crippen LogP contribution in [0.4, 0.5) is 5.69 Å². The minimum Gasteiger partial charge on any atom is -0.459 e. The molecule has 0 bridgehead atoms. The van der Waals surface area contributed by atoms with Gasteiger partial charge in [0.1, 0.15) is 12.1 Å². The number of benzene rings is 3. The Kier molecular flexibility index (Phi) is 7.30. The summed E-state index contributed by atoms with van der Waals surface area (Å²) in [7, 11) is -3.90. The minimum absolute atomic E-state index is 0.0312. The van der Waals surface area contributed by atoms with Crippen LogP contribution in [-0.2, 0) is 19.6 Å². The van der Waals surface area contributed by atoms with Gasteiger partial charge in [0, 0.05) is 11.3 Å². The maximum atomic E-state index is 12.5. The predicted octanol–water partition coefficient (Wildman–Crippen LogP) is 4.23. The summed E-state index contributed by atoms with van der Waals surface area (Å²) in [6, 6.07) is 22.7. The topological polar surface area (TPSA) is 102 Å². The van der Waals surface area contributed by atoms with E-state index in [0.717, 1.165) is 11.1 Å². The van der Waals surface area contributed by atoms with Gasteiger partial charge in [0.25, 0.3) is 5.91 Å². The van der Waals surface area contributed by atoms with Crippen LogP contribution in [0.2, 0.25) is 0 Å². The molecule has 0 aliphatic rings. The number of carbonyl (C=O) groups excluding carboxylic acids is 2. The average molecular weight is 467 g/mol. The van der Waals surface area contributed by atoms with Crippen LogP contribution in [0.25, 0.3) is 11.1 Å². The zero-order valence-electron chi connectivity index (χ0n) is 18.7. The summed E-state index contributed by atoms with van der Waals surface area (Å²) in [6.45, 7) is 4.62. The Labute approximate surface area is 193 Å². The van der Waals surface area contributed by atoms with Crippen LogP contribution in [0.5, 0.6) is 0 Å². The SMILES string of the molecule is CC(C)(C)OC(=O)CNS(=O)(=O)c1ccc(NC(=O)c2ccc(-c3ccccc3)cc2)cc1. The third-order valence-electron chi connectivity index (χ3n) is 4.50. The van der Waals surface area contributed by atoms with Gasteiger partial charge >= 0.3 is 5.97 Å². The smallest absolute Gasteiger partial charge is 0.321 e. The van der Waals surface area contributed by atoms with Gasteiger partial charge < -0.3 is 10.1 Å². The highest BCUT2D eigenvalue weighted by atomic mass is 32.2. The summed E-state index contributed by atoms with van der Waals surface area (Å²) in [5.41, 5.74) is 2.27. The molecule has 3 aromatic rings. The van der Waals surface area contributed by atoms with Gasteiger partial charge in [-0.15, -0.1) is 0 Å². The second-order valence-electron chi connectivity index (χ2n) is 8.33. The third kappa shape index (κ3) is 7.00. The Bertz CT molecular complexity index is 1210. The summed E-state index contributed by atoms with van der Waals surface area (Å²) < 4.78 is 32.1. The summed E-state index contributed by atoms with van der Waals surface area (Å²) in [5.74, 6) is -0.985. The van der Waals surface area contributed by atoms with Gasteiger partial charge in [0.2, 0.25) is 10.0 Å². The Balaban J connectivity index is 1.60. The molecular formula is C25H26N2O5S. The van der Waals surface area contributed by atoms with Crippen molar-refractivity contribution in [3.63, 3.8) is 0 Å². The van der Waals surface area contributed by atoms with E-state index in [-0.39, 0.29) is 10.8 Å².